The quantitative estimate of drug-likeness (QED) is 0.802. The Bertz CT molecular complexity index is 837. The highest BCUT2D eigenvalue weighted by Crippen LogP contribution is 2.26. The Balaban J connectivity index is 2.36. The van der Waals surface area contributed by atoms with Gasteiger partial charge in [-0.1, -0.05) is 12.1 Å². The molecule has 106 valence electrons. The number of para-hydroxylation sites is 1. The third-order valence-corrected chi connectivity index (χ3v) is 3.39. The van der Waals surface area contributed by atoms with Crippen molar-refractivity contribution in [2.24, 2.45) is 0 Å². The van der Waals surface area contributed by atoms with Crippen LogP contribution >= 0.6 is 0 Å². The number of carboxylic acids is 1. The van der Waals surface area contributed by atoms with Crippen LogP contribution in [0, 0.1) is 6.92 Å². The molecule has 0 saturated heterocycles. The number of hydrogen-bond acceptors (Lipinski definition) is 3. The van der Waals surface area contributed by atoms with Gasteiger partial charge in [0.15, 0.2) is 0 Å². The van der Waals surface area contributed by atoms with E-state index >= 15 is 0 Å². The molecule has 0 atom stereocenters. The van der Waals surface area contributed by atoms with Crippen LogP contribution in [-0.2, 0) is 0 Å². The SMILES string of the molecule is COc1cccc(-n2c(C)nc3cccc(C(=O)O)c32)c1. The van der Waals surface area contributed by atoms with Crippen molar-refractivity contribution in [2.75, 3.05) is 7.11 Å². The topological polar surface area (TPSA) is 64.4 Å². The van der Waals surface area contributed by atoms with Crippen molar-refractivity contribution in [3.8, 4) is 11.4 Å². The normalized spacial score (nSPS) is 10.8. The van der Waals surface area contributed by atoms with Crippen LogP contribution in [0.4, 0.5) is 0 Å². The first-order chi connectivity index (χ1) is 10.1. The van der Waals surface area contributed by atoms with Crippen molar-refractivity contribution in [1.82, 2.24) is 9.55 Å². The monoisotopic (exact) mass is 282 g/mol. The van der Waals surface area contributed by atoms with Crippen molar-refractivity contribution in [3.63, 3.8) is 0 Å². The maximum absolute atomic E-state index is 11.5. The van der Waals surface area contributed by atoms with Gasteiger partial charge in [0.05, 0.1) is 29.4 Å². The second-order valence-electron chi connectivity index (χ2n) is 4.67. The number of hydrogen-bond donors (Lipinski definition) is 1. The molecule has 3 aromatic rings. The van der Waals surface area contributed by atoms with Crippen LogP contribution in [0.15, 0.2) is 42.5 Å². The van der Waals surface area contributed by atoms with E-state index in [0.717, 1.165) is 11.5 Å². The van der Waals surface area contributed by atoms with Gasteiger partial charge in [-0.05, 0) is 31.2 Å². The summed E-state index contributed by atoms with van der Waals surface area (Å²) < 4.78 is 7.07. The van der Waals surface area contributed by atoms with E-state index in [9.17, 15) is 9.90 Å². The number of fused-ring (bicyclic) bond motifs is 1. The lowest BCUT2D eigenvalue weighted by molar-refractivity contribution is 0.0698. The summed E-state index contributed by atoms with van der Waals surface area (Å²) in [5.74, 6) is 0.471. The number of carboxylic acid groups (broad SMARTS) is 1. The predicted molar refractivity (Wildman–Crippen MR) is 79.3 cm³/mol. The number of aromatic nitrogens is 2. The number of aryl methyl sites for hydroxylation is 1. The molecule has 0 saturated carbocycles. The Morgan fingerprint density at radius 3 is 2.71 bits per heavy atom. The Kier molecular flexibility index (Phi) is 3.10. The second kappa shape index (κ2) is 4.94. The van der Waals surface area contributed by atoms with Gasteiger partial charge in [-0.3, -0.25) is 4.57 Å². The number of ether oxygens (including phenoxy) is 1. The van der Waals surface area contributed by atoms with E-state index in [1.54, 1.807) is 19.2 Å². The van der Waals surface area contributed by atoms with Gasteiger partial charge in [-0.25, -0.2) is 9.78 Å². The average Bonchev–Trinajstić information content (AvgIpc) is 2.82. The van der Waals surface area contributed by atoms with Gasteiger partial charge in [0.1, 0.15) is 11.6 Å². The van der Waals surface area contributed by atoms with Crippen LogP contribution in [-0.4, -0.2) is 27.7 Å². The van der Waals surface area contributed by atoms with Crippen molar-refractivity contribution < 1.29 is 14.6 Å². The van der Waals surface area contributed by atoms with Crippen molar-refractivity contribution in [3.05, 3.63) is 53.9 Å². The summed E-state index contributed by atoms with van der Waals surface area (Å²) in [6.07, 6.45) is 0. The molecule has 21 heavy (non-hydrogen) atoms. The van der Waals surface area contributed by atoms with Gasteiger partial charge in [0, 0.05) is 6.07 Å². The van der Waals surface area contributed by atoms with Crippen molar-refractivity contribution >= 4 is 17.0 Å². The summed E-state index contributed by atoms with van der Waals surface area (Å²) >= 11 is 0. The molecular formula is C16H14N2O3. The average molecular weight is 282 g/mol. The zero-order chi connectivity index (χ0) is 15.0. The molecule has 1 heterocycles. The lowest BCUT2D eigenvalue weighted by atomic mass is 10.1. The summed E-state index contributed by atoms with van der Waals surface area (Å²) in [4.78, 5) is 15.9. The van der Waals surface area contributed by atoms with Gasteiger partial charge in [-0.15, -0.1) is 0 Å². The fraction of sp³-hybridized carbons (Fsp3) is 0.125. The zero-order valence-corrected chi connectivity index (χ0v) is 11.7. The molecule has 0 aliphatic carbocycles. The predicted octanol–water partition coefficient (Wildman–Crippen LogP) is 3.04. The molecule has 0 radical (unpaired) electrons. The van der Waals surface area contributed by atoms with Crippen molar-refractivity contribution in [1.29, 1.82) is 0 Å². The lowest BCUT2D eigenvalue weighted by Crippen LogP contribution is -2.03. The molecule has 1 N–H and O–H groups in total. The molecule has 2 aromatic carbocycles. The highest BCUT2D eigenvalue weighted by Gasteiger charge is 2.17. The third-order valence-electron chi connectivity index (χ3n) is 3.39. The van der Waals surface area contributed by atoms with Gasteiger partial charge in [0.2, 0.25) is 0 Å². The van der Waals surface area contributed by atoms with Crippen LogP contribution in [0.5, 0.6) is 5.75 Å². The summed E-state index contributed by atoms with van der Waals surface area (Å²) in [7, 11) is 1.60. The molecule has 5 heteroatoms. The van der Waals surface area contributed by atoms with Crippen LogP contribution in [0.1, 0.15) is 16.2 Å². The van der Waals surface area contributed by atoms with Crippen LogP contribution < -0.4 is 4.74 Å². The number of carbonyl (C=O) groups is 1. The first-order valence-electron chi connectivity index (χ1n) is 6.47. The molecule has 0 spiro atoms. The van der Waals surface area contributed by atoms with Gasteiger partial charge in [-0.2, -0.15) is 0 Å². The largest absolute Gasteiger partial charge is 0.497 e. The van der Waals surface area contributed by atoms with Gasteiger partial charge < -0.3 is 9.84 Å². The van der Waals surface area contributed by atoms with E-state index in [4.69, 9.17) is 4.74 Å². The summed E-state index contributed by atoms with van der Waals surface area (Å²) in [5.41, 5.74) is 2.31. The molecule has 1 aromatic heterocycles. The lowest BCUT2D eigenvalue weighted by Gasteiger charge is -2.10. The number of benzene rings is 2. The first kappa shape index (κ1) is 13.2. The first-order valence-corrected chi connectivity index (χ1v) is 6.47. The van der Waals surface area contributed by atoms with Gasteiger partial charge >= 0.3 is 5.97 Å². The van der Waals surface area contributed by atoms with Crippen molar-refractivity contribution in [2.45, 2.75) is 6.92 Å². The molecule has 0 aliphatic heterocycles. The number of imidazole rings is 1. The fourth-order valence-corrected chi connectivity index (χ4v) is 2.48. The van der Waals surface area contributed by atoms with Crippen LogP contribution in [0.25, 0.3) is 16.7 Å². The van der Waals surface area contributed by atoms with E-state index in [1.165, 1.54) is 0 Å². The minimum Gasteiger partial charge on any atom is -0.497 e. The van der Waals surface area contributed by atoms with E-state index < -0.39 is 5.97 Å². The minimum absolute atomic E-state index is 0.232. The van der Waals surface area contributed by atoms with E-state index in [-0.39, 0.29) is 5.56 Å². The molecular weight excluding hydrogens is 268 g/mol. The second-order valence-corrected chi connectivity index (χ2v) is 4.67. The minimum atomic E-state index is -0.968. The molecule has 0 bridgehead atoms. The number of nitrogens with zero attached hydrogens (tertiary/aromatic N) is 2. The number of rotatable bonds is 3. The summed E-state index contributed by atoms with van der Waals surface area (Å²) in [6.45, 7) is 1.85. The van der Waals surface area contributed by atoms with Crippen LogP contribution in [0.2, 0.25) is 0 Å². The zero-order valence-electron chi connectivity index (χ0n) is 11.7. The standard InChI is InChI=1S/C16H14N2O3/c1-10-17-14-8-4-7-13(16(19)20)15(14)18(10)11-5-3-6-12(9-11)21-2/h3-9H,1-2H3,(H,19,20). The van der Waals surface area contributed by atoms with E-state index in [2.05, 4.69) is 4.98 Å². The Morgan fingerprint density at radius 1 is 1.24 bits per heavy atom. The molecule has 5 nitrogen and oxygen atoms in total. The van der Waals surface area contributed by atoms with Crippen LogP contribution in [0.3, 0.4) is 0 Å². The molecule has 0 amide bonds. The van der Waals surface area contributed by atoms with E-state index in [0.29, 0.717) is 16.8 Å². The summed E-state index contributed by atoms with van der Waals surface area (Å²) in [5, 5.41) is 9.40. The molecule has 3 rings (SSSR count). The third kappa shape index (κ3) is 2.12. The summed E-state index contributed by atoms with van der Waals surface area (Å²) in [6, 6.07) is 12.6. The molecule has 0 unspecified atom stereocenters. The Morgan fingerprint density at radius 2 is 2.00 bits per heavy atom. The Labute approximate surface area is 121 Å². The Hall–Kier alpha value is -2.82. The van der Waals surface area contributed by atoms with Gasteiger partial charge in [0.25, 0.3) is 0 Å². The maximum atomic E-state index is 11.5. The molecule has 0 aliphatic rings. The number of aromatic carboxylic acids is 1. The highest BCUT2D eigenvalue weighted by atomic mass is 16.5. The molecule has 0 fully saturated rings. The maximum Gasteiger partial charge on any atom is 0.337 e. The fourth-order valence-electron chi connectivity index (χ4n) is 2.48. The number of methoxy groups -OCH3 is 1. The highest BCUT2D eigenvalue weighted by molar-refractivity contribution is 6.01. The smallest absolute Gasteiger partial charge is 0.337 e. The van der Waals surface area contributed by atoms with E-state index in [1.807, 2.05) is 41.8 Å².